The van der Waals surface area contributed by atoms with E-state index in [1.165, 1.54) is 17.4 Å². The monoisotopic (exact) mass is 269 g/mol. The molecule has 98 valence electrons. The lowest BCUT2D eigenvalue weighted by molar-refractivity contribution is 0.0697. The van der Waals surface area contributed by atoms with Crippen molar-refractivity contribution in [2.24, 2.45) is 0 Å². The van der Waals surface area contributed by atoms with Gasteiger partial charge in [0.1, 0.15) is 11.6 Å². The summed E-state index contributed by atoms with van der Waals surface area (Å²) in [6.45, 7) is 7.21. The van der Waals surface area contributed by atoms with Gasteiger partial charge >= 0.3 is 12.1 Å². The number of carboxylic acids is 1. The van der Waals surface area contributed by atoms with Crippen LogP contribution in [0.4, 0.5) is 9.80 Å². The van der Waals surface area contributed by atoms with Crippen molar-refractivity contribution in [1.82, 2.24) is 0 Å². The number of anilines is 1. The van der Waals surface area contributed by atoms with Crippen LogP contribution in [0.5, 0.6) is 0 Å². The molecule has 0 saturated carbocycles. The van der Waals surface area contributed by atoms with Gasteiger partial charge in [-0.3, -0.25) is 5.32 Å². The molecule has 0 fully saturated rings. The summed E-state index contributed by atoms with van der Waals surface area (Å²) < 4.78 is 4.76. The van der Waals surface area contributed by atoms with Gasteiger partial charge in [-0.2, -0.15) is 0 Å². The zero-order valence-electron chi connectivity index (χ0n) is 10.3. The summed E-state index contributed by atoms with van der Waals surface area (Å²) in [5, 5.41) is 11.9. The van der Waals surface area contributed by atoms with E-state index in [4.69, 9.17) is 4.74 Å². The van der Waals surface area contributed by atoms with Gasteiger partial charge in [-0.15, -0.1) is 11.3 Å². The third-order valence-corrected chi connectivity index (χ3v) is 3.39. The highest BCUT2D eigenvalue weighted by molar-refractivity contribution is 7.16. The largest absolute Gasteiger partial charge is 0.478 e. The van der Waals surface area contributed by atoms with Crippen molar-refractivity contribution in [3.63, 3.8) is 0 Å². The Morgan fingerprint density at radius 2 is 2.22 bits per heavy atom. The molecule has 0 saturated heterocycles. The fourth-order valence-electron chi connectivity index (χ4n) is 1.58. The summed E-state index contributed by atoms with van der Waals surface area (Å²) in [6.07, 6.45) is 1.36. The molecule has 18 heavy (non-hydrogen) atoms. The first-order valence-corrected chi connectivity index (χ1v) is 6.23. The number of carbonyl (C=O) groups is 2. The second kappa shape index (κ2) is 6.20. The molecule has 5 nitrogen and oxygen atoms in total. The summed E-state index contributed by atoms with van der Waals surface area (Å²) >= 11 is 1.24. The van der Waals surface area contributed by atoms with Crippen LogP contribution >= 0.6 is 11.3 Å². The van der Waals surface area contributed by atoms with Gasteiger partial charge < -0.3 is 9.84 Å². The van der Waals surface area contributed by atoms with Crippen LogP contribution in [0, 0.1) is 6.92 Å². The Balaban J connectivity index is 2.98. The van der Waals surface area contributed by atoms with E-state index in [0.29, 0.717) is 11.4 Å². The lowest BCUT2D eigenvalue weighted by Gasteiger charge is -2.04. The summed E-state index contributed by atoms with van der Waals surface area (Å²) in [7, 11) is 0. The molecule has 1 aromatic heterocycles. The molecule has 0 spiro atoms. The quantitative estimate of drug-likeness (QED) is 0.805. The maximum Gasteiger partial charge on any atom is 0.412 e. The summed E-state index contributed by atoms with van der Waals surface area (Å²) in [6, 6.07) is 0. The normalized spacial score (nSPS) is 9.89. The maximum absolute atomic E-state index is 11.4. The average Bonchev–Trinajstić information content (AvgIpc) is 2.62. The molecule has 1 amide bonds. The number of amides is 1. The Morgan fingerprint density at radius 1 is 1.56 bits per heavy atom. The van der Waals surface area contributed by atoms with E-state index in [9.17, 15) is 14.7 Å². The standard InChI is InChI=1S/C12H15NO4S/c1-4-6-17-12(16)13-10-9(11(14)15)8(5-2)7(3)18-10/h4H,1,5-6H2,2-3H3,(H,13,16)(H,14,15). The molecule has 1 aromatic rings. The summed E-state index contributed by atoms with van der Waals surface area (Å²) in [5.41, 5.74) is 0.891. The van der Waals surface area contributed by atoms with Crippen LogP contribution in [0.2, 0.25) is 0 Å². The van der Waals surface area contributed by atoms with Gasteiger partial charge in [0.15, 0.2) is 0 Å². The second-order valence-electron chi connectivity index (χ2n) is 3.51. The number of aromatic carboxylic acids is 1. The third-order valence-electron chi connectivity index (χ3n) is 2.32. The zero-order valence-corrected chi connectivity index (χ0v) is 11.1. The molecule has 0 aliphatic rings. The van der Waals surface area contributed by atoms with Crippen LogP contribution in [0.3, 0.4) is 0 Å². The Bertz CT molecular complexity index is 479. The van der Waals surface area contributed by atoms with Crippen molar-refractivity contribution < 1.29 is 19.4 Å². The van der Waals surface area contributed by atoms with E-state index in [2.05, 4.69) is 11.9 Å². The van der Waals surface area contributed by atoms with Gasteiger partial charge in [0.2, 0.25) is 0 Å². The van der Waals surface area contributed by atoms with Crippen LogP contribution in [0.15, 0.2) is 12.7 Å². The summed E-state index contributed by atoms with van der Waals surface area (Å²) in [4.78, 5) is 23.5. The number of hydrogen-bond donors (Lipinski definition) is 2. The molecule has 0 aromatic carbocycles. The molecule has 0 atom stereocenters. The van der Waals surface area contributed by atoms with Crippen molar-refractivity contribution in [2.75, 3.05) is 11.9 Å². The van der Waals surface area contributed by atoms with E-state index in [1.807, 2.05) is 13.8 Å². The predicted molar refractivity (Wildman–Crippen MR) is 70.6 cm³/mol. The Morgan fingerprint density at radius 3 is 2.72 bits per heavy atom. The first kappa shape index (κ1) is 14.2. The third kappa shape index (κ3) is 3.10. The molecule has 0 aliphatic heterocycles. The van der Waals surface area contributed by atoms with Crippen molar-refractivity contribution in [1.29, 1.82) is 0 Å². The Kier molecular flexibility index (Phi) is 4.91. The number of carbonyl (C=O) groups excluding carboxylic acids is 1. The topological polar surface area (TPSA) is 75.6 Å². The highest BCUT2D eigenvalue weighted by Crippen LogP contribution is 2.33. The van der Waals surface area contributed by atoms with Crippen molar-refractivity contribution in [2.45, 2.75) is 20.3 Å². The second-order valence-corrected chi connectivity index (χ2v) is 4.74. The molecule has 0 unspecified atom stereocenters. The number of rotatable bonds is 5. The molecule has 1 heterocycles. The number of carboxylic acid groups (broad SMARTS) is 1. The van der Waals surface area contributed by atoms with E-state index >= 15 is 0 Å². The van der Waals surface area contributed by atoms with Gasteiger partial charge in [0.25, 0.3) is 0 Å². The van der Waals surface area contributed by atoms with Gasteiger partial charge in [0.05, 0.1) is 5.56 Å². The fraction of sp³-hybridized carbons (Fsp3) is 0.333. The van der Waals surface area contributed by atoms with Crippen LogP contribution in [0.25, 0.3) is 0 Å². The van der Waals surface area contributed by atoms with E-state index < -0.39 is 12.1 Å². The maximum atomic E-state index is 11.4. The lowest BCUT2D eigenvalue weighted by atomic mass is 10.1. The van der Waals surface area contributed by atoms with Crippen LogP contribution in [0.1, 0.15) is 27.7 Å². The Hall–Kier alpha value is -1.82. The van der Waals surface area contributed by atoms with Crippen LogP contribution < -0.4 is 5.32 Å². The van der Waals surface area contributed by atoms with Gasteiger partial charge in [-0.1, -0.05) is 19.6 Å². The SMILES string of the molecule is C=CCOC(=O)Nc1sc(C)c(CC)c1C(=O)O. The first-order chi connectivity index (χ1) is 8.51. The molecule has 2 N–H and O–H groups in total. The van der Waals surface area contributed by atoms with Crippen molar-refractivity contribution in [3.05, 3.63) is 28.7 Å². The molecular formula is C12H15NO4S. The summed E-state index contributed by atoms with van der Waals surface area (Å²) in [5.74, 6) is -1.05. The van der Waals surface area contributed by atoms with E-state index in [0.717, 1.165) is 10.4 Å². The number of ether oxygens (including phenoxy) is 1. The zero-order chi connectivity index (χ0) is 13.7. The number of hydrogen-bond acceptors (Lipinski definition) is 4. The first-order valence-electron chi connectivity index (χ1n) is 5.41. The molecule has 0 radical (unpaired) electrons. The minimum absolute atomic E-state index is 0.0826. The highest BCUT2D eigenvalue weighted by atomic mass is 32.1. The fourth-order valence-corrected chi connectivity index (χ4v) is 2.70. The predicted octanol–water partition coefficient (Wildman–Crippen LogP) is 3.05. The number of nitrogens with one attached hydrogen (secondary N) is 1. The molecule has 6 heteroatoms. The van der Waals surface area contributed by atoms with Gasteiger partial charge in [0, 0.05) is 4.88 Å². The number of thiophene rings is 1. The molecule has 0 bridgehead atoms. The highest BCUT2D eigenvalue weighted by Gasteiger charge is 2.21. The van der Waals surface area contributed by atoms with E-state index in [-0.39, 0.29) is 12.2 Å². The van der Waals surface area contributed by atoms with Crippen LogP contribution in [-0.4, -0.2) is 23.8 Å². The average molecular weight is 269 g/mol. The molecule has 1 rings (SSSR count). The van der Waals surface area contributed by atoms with Crippen molar-refractivity contribution in [3.8, 4) is 0 Å². The minimum atomic E-state index is -1.05. The lowest BCUT2D eigenvalue weighted by Crippen LogP contribution is -2.15. The molecule has 0 aliphatic carbocycles. The van der Waals surface area contributed by atoms with Crippen molar-refractivity contribution >= 4 is 28.4 Å². The molecular weight excluding hydrogens is 254 g/mol. The number of aryl methyl sites for hydroxylation is 1. The van der Waals surface area contributed by atoms with Crippen LogP contribution in [-0.2, 0) is 11.2 Å². The smallest absolute Gasteiger partial charge is 0.412 e. The van der Waals surface area contributed by atoms with Gasteiger partial charge in [-0.05, 0) is 18.9 Å². The minimum Gasteiger partial charge on any atom is -0.478 e. The van der Waals surface area contributed by atoms with Gasteiger partial charge in [-0.25, -0.2) is 9.59 Å². The Labute approximate surface area is 109 Å². The van der Waals surface area contributed by atoms with E-state index in [1.54, 1.807) is 0 Å².